The minimum atomic E-state index is -1.31. The molecule has 1 aliphatic heterocycles. The SMILES string of the molecule is CCC[Si]1(c2ccccc2)CCC(C2CCC(/C=C/c3ccc(F)c(F)c3)CC2)CC1. The summed E-state index contributed by atoms with van der Waals surface area (Å²) in [6.07, 6.45) is 13.5. The first-order valence-electron chi connectivity index (χ1n) is 12.3. The molecule has 3 heteroatoms. The molecule has 0 nitrogen and oxygen atoms in total. The summed E-state index contributed by atoms with van der Waals surface area (Å²) in [5, 5.41) is 1.70. The topological polar surface area (TPSA) is 0 Å². The number of allylic oxidation sites excluding steroid dienone is 1. The Labute approximate surface area is 187 Å². The van der Waals surface area contributed by atoms with Crippen molar-refractivity contribution in [1.82, 2.24) is 0 Å². The Morgan fingerprint density at radius 3 is 2.16 bits per heavy atom. The summed E-state index contributed by atoms with van der Waals surface area (Å²) in [6, 6.07) is 20.0. The van der Waals surface area contributed by atoms with Crippen molar-refractivity contribution in [2.75, 3.05) is 0 Å². The molecule has 1 aliphatic carbocycles. The summed E-state index contributed by atoms with van der Waals surface area (Å²) in [5.74, 6) is 0.838. The molecule has 0 unspecified atom stereocenters. The highest BCUT2D eigenvalue weighted by Crippen LogP contribution is 2.44. The molecule has 0 N–H and O–H groups in total. The van der Waals surface area contributed by atoms with Crippen molar-refractivity contribution < 1.29 is 8.78 Å². The van der Waals surface area contributed by atoms with Crippen LogP contribution in [0.4, 0.5) is 8.78 Å². The minimum absolute atomic E-state index is 0.575. The molecule has 31 heavy (non-hydrogen) atoms. The van der Waals surface area contributed by atoms with Gasteiger partial charge in [0.15, 0.2) is 11.6 Å². The predicted molar refractivity (Wildman–Crippen MR) is 130 cm³/mol. The lowest BCUT2D eigenvalue weighted by Gasteiger charge is -2.43. The first-order chi connectivity index (χ1) is 15.1. The van der Waals surface area contributed by atoms with Crippen LogP contribution in [0.2, 0.25) is 18.1 Å². The molecular weight excluding hydrogens is 402 g/mol. The van der Waals surface area contributed by atoms with E-state index in [9.17, 15) is 8.78 Å². The van der Waals surface area contributed by atoms with Gasteiger partial charge in [-0.3, -0.25) is 0 Å². The second-order valence-electron chi connectivity index (χ2n) is 9.94. The fourth-order valence-electron chi connectivity index (χ4n) is 6.29. The van der Waals surface area contributed by atoms with Crippen molar-refractivity contribution in [3.8, 4) is 0 Å². The zero-order chi connectivity index (χ0) is 21.7. The summed E-state index contributed by atoms with van der Waals surface area (Å²) < 4.78 is 26.5. The first kappa shape index (κ1) is 22.5. The number of benzene rings is 2. The highest BCUT2D eigenvalue weighted by atomic mass is 28.3. The lowest BCUT2D eigenvalue weighted by Crippen LogP contribution is -2.50. The van der Waals surface area contributed by atoms with E-state index in [1.165, 1.54) is 75.2 Å². The zero-order valence-electron chi connectivity index (χ0n) is 18.8. The molecule has 2 aromatic rings. The minimum Gasteiger partial charge on any atom is -0.204 e. The van der Waals surface area contributed by atoms with Gasteiger partial charge in [-0.05, 0) is 61.1 Å². The molecule has 0 bridgehead atoms. The lowest BCUT2D eigenvalue weighted by atomic mass is 9.74. The molecular formula is C28H36F2Si. The van der Waals surface area contributed by atoms with E-state index in [2.05, 4.69) is 43.3 Å². The standard InChI is InChI=1S/C28H36F2Si/c1-2-18-31(26-6-4-3-5-7-26)19-16-25(17-20-31)24-13-10-22(11-14-24)8-9-23-12-15-27(29)28(30)21-23/h3-9,12,15,21-22,24-25H,2,10-11,13-14,16-20H2,1H3/b9-8+. The van der Waals surface area contributed by atoms with E-state index in [4.69, 9.17) is 0 Å². The Morgan fingerprint density at radius 1 is 0.839 bits per heavy atom. The maximum atomic E-state index is 13.4. The molecule has 1 heterocycles. The molecule has 0 atom stereocenters. The molecule has 4 rings (SSSR count). The smallest absolute Gasteiger partial charge is 0.159 e. The van der Waals surface area contributed by atoms with Crippen molar-refractivity contribution in [2.45, 2.75) is 70.0 Å². The van der Waals surface area contributed by atoms with Crippen LogP contribution in [-0.4, -0.2) is 8.07 Å². The molecule has 0 amide bonds. The van der Waals surface area contributed by atoms with E-state index < -0.39 is 19.7 Å². The van der Waals surface area contributed by atoms with E-state index in [0.717, 1.165) is 17.4 Å². The van der Waals surface area contributed by atoms with E-state index in [1.54, 1.807) is 11.3 Å². The third-order valence-corrected chi connectivity index (χ3v) is 13.6. The van der Waals surface area contributed by atoms with Crippen LogP contribution in [0.1, 0.15) is 57.4 Å². The van der Waals surface area contributed by atoms with Crippen molar-refractivity contribution in [2.24, 2.45) is 17.8 Å². The Hall–Kier alpha value is -1.74. The van der Waals surface area contributed by atoms with Gasteiger partial charge in [-0.15, -0.1) is 0 Å². The van der Waals surface area contributed by atoms with Crippen LogP contribution in [0.5, 0.6) is 0 Å². The fraction of sp³-hybridized carbons (Fsp3) is 0.500. The van der Waals surface area contributed by atoms with Gasteiger partial charge in [0.1, 0.15) is 0 Å². The van der Waals surface area contributed by atoms with Crippen LogP contribution in [-0.2, 0) is 0 Å². The van der Waals surface area contributed by atoms with E-state index in [0.29, 0.717) is 5.92 Å². The second kappa shape index (κ2) is 10.2. The Balaban J connectivity index is 1.30. The highest BCUT2D eigenvalue weighted by molar-refractivity contribution is 6.92. The van der Waals surface area contributed by atoms with Gasteiger partial charge in [-0.1, -0.05) is 98.1 Å². The van der Waals surface area contributed by atoms with Crippen molar-refractivity contribution in [3.63, 3.8) is 0 Å². The number of hydrogen-bond acceptors (Lipinski definition) is 0. The van der Waals surface area contributed by atoms with Gasteiger partial charge in [0, 0.05) is 0 Å². The van der Waals surface area contributed by atoms with E-state index in [1.807, 2.05) is 6.08 Å². The quantitative estimate of drug-likeness (QED) is 0.401. The molecule has 2 aliphatic rings. The van der Waals surface area contributed by atoms with Crippen molar-refractivity contribution in [1.29, 1.82) is 0 Å². The van der Waals surface area contributed by atoms with Crippen LogP contribution in [0.3, 0.4) is 0 Å². The van der Waals surface area contributed by atoms with Crippen LogP contribution in [0, 0.1) is 29.4 Å². The van der Waals surface area contributed by atoms with E-state index in [-0.39, 0.29) is 0 Å². The number of hydrogen-bond donors (Lipinski definition) is 0. The van der Waals surface area contributed by atoms with Crippen molar-refractivity contribution >= 4 is 19.3 Å². The largest absolute Gasteiger partial charge is 0.204 e. The van der Waals surface area contributed by atoms with E-state index >= 15 is 0 Å². The highest BCUT2D eigenvalue weighted by Gasteiger charge is 2.40. The molecule has 166 valence electrons. The molecule has 0 spiro atoms. The average Bonchev–Trinajstić information content (AvgIpc) is 2.81. The van der Waals surface area contributed by atoms with Gasteiger partial charge < -0.3 is 0 Å². The monoisotopic (exact) mass is 438 g/mol. The molecule has 2 fully saturated rings. The third kappa shape index (κ3) is 5.37. The van der Waals surface area contributed by atoms with Crippen LogP contribution >= 0.6 is 0 Å². The molecule has 2 aromatic carbocycles. The van der Waals surface area contributed by atoms with Crippen LogP contribution in [0.25, 0.3) is 6.08 Å². The normalized spacial score (nSPS) is 29.3. The van der Waals surface area contributed by atoms with Gasteiger partial charge in [0.05, 0.1) is 8.07 Å². The summed E-state index contributed by atoms with van der Waals surface area (Å²) in [7, 11) is -1.31. The van der Waals surface area contributed by atoms with Crippen LogP contribution < -0.4 is 5.19 Å². The predicted octanol–water partition coefficient (Wildman–Crippen LogP) is 7.96. The number of rotatable bonds is 6. The van der Waals surface area contributed by atoms with Crippen molar-refractivity contribution in [3.05, 3.63) is 71.8 Å². The molecule has 0 radical (unpaired) electrons. The fourth-order valence-corrected chi connectivity index (χ4v) is 11.6. The van der Waals surface area contributed by atoms with Gasteiger partial charge in [0.25, 0.3) is 0 Å². The number of halogens is 2. The third-order valence-electron chi connectivity index (χ3n) is 8.09. The summed E-state index contributed by atoms with van der Waals surface area (Å²) >= 11 is 0. The zero-order valence-corrected chi connectivity index (χ0v) is 19.8. The van der Waals surface area contributed by atoms with Gasteiger partial charge in [-0.2, -0.15) is 0 Å². The molecule has 0 aromatic heterocycles. The summed E-state index contributed by atoms with van der Waals surface area (Å²) in [4.78, 5) is 0. The summed E-state index contributed by atoms with van der Waals surface area (Å²) in [6.45, 7) is 2.36. The van der Waals surface area contributed by atoms with Crippen LogP contribution in [0.15, 0.2) is 54.6 Å². The summed E-state index contributed by atoms with van der Waals surface area (Å²) in [5.41, 5.74) is 0.756. The molecule has 1 saturated carbocycles. The maximum Gasteiger partial charge on any atom is 0.159 e. The van der Waals surface area contributed by atoms with Gasteiger partial charge >= 0.3 is 0 Å². The lowest BCUT2D eigenvalue weighted by molar-refractivity contribution is 0.208. The van der Waals surface area contributed by atoms with Gasteiger partial charge in [-0.25, -0.2) is 8.78 Å². The average molecular weight is 439 g/mol. The maximum absolute atomic E-state index is 13.4. The Morgan fingerprint density at radius 2 is 1.52 bits per heavy atom. The Kier molecular flexibility index (Phi) is 7.42. The second-order valence-corrected chi connectivity index (χ2v) is 14.6. The molecule has 1 saturated heterocycles. The Bertz CT molecular complexity index is 860. The van der Waals surface area contributed by atoms with Gasteiger partial charge in [0.2, 0.25) is 0 Å². The first-order valence-corrected chi connectivity index (χ1v) is 14.9.